The molecule has 0 spiro atoms. The van der Waals surface area contributed by atoms with Gasteiger partial charge in [0.2, 0.25) is 0 Å². The molecule has 3 aromatic carbocycles. The number of phenols is 2. The molecule has 3 aromatic rings. The van der Waals surface area contributed by atoms with Crippen molar-refractivity contribution in [2.75, 3.05) is 24.5 Å². The van der Waals surface area contributed by atoms with E-state index in [9.17, 15) is 28.8 Å². The Kier molecular flexibility index (Phi) is 9.66. The first-order valence-corrected chi connectivity index (χ1v) is 13.0. The molecule has 0 saturated carbocycles. The molecule has 0 aliphatic carbocycles. The van der Waals surface area contributed by atoms with E-state index in [1.165, 1.54) is 48.5 Å². The van der Waals surface area contributed by atoms with E-state index < -0.39 is 16.1 Å². The summed E-state index contributed by atoms with van der Waals surface area (Å²) < 4.78 is 33.0. The average Bonchev–Trinajstić information content (AvgIpc) is 2.84. The van der Waals surface area contributed by atoms with E-state index in [1.54, 1.807) is 12.1 Å². The molecular formula is C24H26Cl2N2O7S. The molecule has 0 aliphatic rings. The second-order valence-corrected chi connectivity index (χ2v) is 10.5. The number of halogens is 2. The van der Waals surface area contributed by atoms with Gasteiger partial charge in [0, 0.05) is 23.7 Å². The Balaban J connectivity index is 1.54. The number of aliphatic hydroxyl groups is 2. The van der Waals surface area contributed by atoms with Crippen LogP contribution in [0.3, 0.4) is 0 Å². The predicted octanol–water partition coefficient (Wildman–Crippen LogP) is 3.14. The molecule has 3 rings (SSSR count). The van der Waals surface area contributed by atoms with Gasteiger partial charge in [-0.2, -0.15) is 0 Å². The predicted molar refractivity (Wildman–Crippen MR) is 138 cm³/mol. The van der Waals surface area contributed by atoms with Crippen LogP contribution in [-0.2, 0) is 16.4 Å². The highest BCUT2D eigenvalue weighted by Crippen LogP contribution is 2.30. The monoisotopic (exact) mass is 556 g/mol. The van der Waals surface area contributed by atoms with E-state index in [-0.39, 0.29) is 58.7 Å². The summed E-state index contributed by atoms with van der Waals surface area (Å²) in [6, 6.07) is 13.9. The van der Waals surface area contributed by atoms with Crippen LogP contribution in [0.2, 0.25) is 10.0 Å². The highest BCUT2D eigenvalue weighted by atomic mass is 35.5. The van der Waals surface area contributed by atoms with E-state index in [1.807, 2.05) is 0 Å². The van der Waals surface area contributed by atoms with E-state index in [0.717, 1.165) is 5.56 Å². The Morgan fingerprint density at radius 2 is 1.64 bits per heavy atom. The van der Waals surface area contributed by atoms with Crippen LogP contribution in [0.5, 0.6) is 17.2 Å². The van der Waals surface area contributed by atoms with Gasteiger partial charge in [0.1, 0.15) is 30.0 Å². The third kappa shape index (κ3) is 7.89. The molecular weight excluding hydrogens is 531 g/mol. The number of aromatic hydroxyl groups is 2. The molecule has 0 aliphatic heterocycles. The molecule has 0 unspecified atom stereocenters. The second kappa shape index (κ2) is 12.5. The third-order valence-corrected chi connectivity index (χ3v) is 7.07. The van der Waals surface area contributed by atoms with Crippen LogP contribution in [-0.4, -0.2) is 60.7 Å². The molecule has 2 atom stereocenters. The summed E-state index contributed by atoms with van der Waals surface area (Å²) in [5.74, 6) is -0.114. The van der Waals surface area contributed by atoms with Crippen molar-refractivity contribution >= 4 is 38.9 Å². The van der Waals surface area contributed by atoms with Crippen LogP contribution in [0.1, 0.15) is 5.56 Å². The molecule has 9 nitrogen and oxygen atoms in total. The van der Waals surface area contributed by atoms with Crippen molar-refractivity contribution < 1.29 is 33.6 Å². The maximum Gasteiger partial charge on any atom is 0.262 e. The lowest BCUT2D eigenvalue weighted by Crippen LogP contribution is -2.41. The number of hydrogen-bond donors (Lipinski definition) is 6. The zero-order valence-corrected chi connectivity index (χ0v) is 21.3. The number of phenolic OH excluding ortho intramolecular Hbond substituents is 2. The van der Waals surface area contributed by atoms with Crippen molar-refractivity contribution in [2.24, 2.45) is 0 Å². The lowest BCUT2D eigenvalue weighted by molar-refractivity contribution is 0.0997. The summed E-state index contributed by atoms with van der Waals surface area (Å²) in [5, 5.41) is 43.2. The zero-order valence-electron chi connectivity index (χ0n) is 18.9. The minimum absolute atomic E-state index is 0.0309. The summed E-state index contributed by atoms with van der Waals surface area (Å²) in [4.78, 5) is -0.0351. The fourth-order valence-electron chi connectivity index (χ4n) is 3.22. The molecule has 6 N–H and O–H groups in total. The molecule has 0 aromatic heterocycles. The lowest BCUT2D eigenvalue weighted by Gasteiger charge is -2.20. The Morgan fingerprint density at radius 3 is 2.31 bits per heavy atom. The number of rotatable bonds is 12. The number of nitrogens with one attached hydrogen (secondary N) is 2. The normalized spacial score (nSPS) is 13.2. The summed E-state index contributed by atoms with van der Waals surface area (Å²) >= 11 is 11.7. The minimum atomic E-state index is -3.98. The summed E-state index contributed by atoms with van der Waals surface area (Å²) in [6.07, 6.45) is -0.537. The van der Waals surface area contributed by atoms with Gasteiger partial charge in [-0.05, 0) is 60.5 Å². The molecule has 36 heavy (non-hydrogen) atoms. The van der Waals surface area contributed by atoms with E-state index in [2.05, 4.69) is 10.0 Å². The van der Waals surface area contributed by atoms with Gasteiger partial charge >= 0.3 is 0 Å². The van der Waals surface area contributed by atoms with Crippen molar-refractivity contribution in [3.05, 3.63) is 76.3 Å². The molecule has 0 amide bonds. The topological polar surface area (TPSA) is 148 Å². The third-order valence-electron chi connectivity index (χ3n) is 5.14. The molecule has 0 radical (unpaired) electrons. The number of sulfonamides is 1. The lowest BCUT2D eigenvalue weighted by atomic mass is 10.1. The van der Waals surface area contributed by atoms with Crippen molar-refractivity contribution in [3.8, 4) is 17.2 Å². The Hall–Kier alpha value is -2.73. The van der Waals surface area contributed by atoms with Gasteiger partial charge in [-0.25, -0.2) is 8.42 Å². The second-order valence-electron chi connectivity index (χ2n) is 7.98. The summed E-state index contributed by atoms with van der Waals surface area (Å²) in [5.41, 5.74) is 0.704. The quantitative estimate of drug-likeness (QED) is 0.186. The van der Waals surface area contributed by atoms with Crippen LogP contribution in [0, 0.1) is 0 Å². The fraction of sp³-hybridized carbons (Fsp3) is 0.250. The fourth-order valence-corrected chi connectivity index (χ4v) is 4.62. The Bertz CT molecular complexity index is 1270. The van der Waals surface area contributed by atoms with Crippen LogP contribution in [0.25, 0.3) is 0 Å². The largest absolute Gasteiger partial charge is 0.506 e. The molecule has 0 fully saturated rings. The summed E-state index contributed by atoms with van der Waals surface area (Å²) in [7, 11) is -3.98. The summed E-state index contributed by atoms with van der Waals surface area (Å²) in [6.45, 7) is -0.226. The number of benzene rings is 3. The Labute approximate surface area is 218 Å². The van der Waals surface area contributed by atoms with Gasteiger partial charge in [0.05, 0.1) is 22.2 Å². The van der Waals surface area contributed by atoms with Crippen LogP contribution in [0.4, 0.5) is 5.69 Å². The van der Waals surface area contributed by atoms with Gasteiger partial charge in [-0.1, -0.05) is 29.3 Å². The van der Waals surface area contributed by atoms with Gasteiger partial charge in [0.25, 0.3) is 10.0 Å². The SMILES string of the molecule is O=S(=O)(Nc1cc(OC[C@@H](O)CN[C@H](CO)Cc2ccc(O)c(Cl)c2)ccc1O)c1ccc(Cl)cc1. The van der Waals surface area contributed by atoms with Crippen molar-refractivity contribution in [2.45, 2.75) is 23.5 Å². The molecule has 0 bridgehead atoms. The van der Waals surface area contributed by atoms with Gasteiger partial charge in [-0.15, -0.1) is 0 Å². The van der Waals surface area contributed by atoms with Crippen LogP contribution < -0.4 is 14.8 Å². The van der Waals surface area contributed by atoms with Crippen LogP contribution >= 0.6 is 23.2 Å². The average molecular weight is 557 g/mol. The molecule has 0 saturated heterocycles. The van der Waals surface area contributed by atoms with E-state index >= 15 is 0 Å². The highest BCUT2D eigenvalue weighted by Gasteiger charge is 2.17. The first-order valence-electron chi connectivity index (χ1n) is 10.8. The number of ether oxygens (including phenoxy) is 1. The zero-order chi connectivity index (χ0) is 26.3. The first-order chi connectivity index (χ1) is 17.1. The minimum Gasteiger partial charge on any atom is -0.506 e. The van der Waals surface area contributed by atoms with Crippen molar-refractivity contribution in [3.63, 3.8) is 0 Å². The van der Waals surface area contributed by atoms with Gasteiger partial charge in [0.15, 0.2) is 0 Å². The molecule has 12 heteroatoms. The van der Waals surface area contributed by atoms with E-state index in [0.29, 0.717) is 11.4 Å². The van der Waals surface area contributed by atoms with Crippen molar-refractivity contribution in [1.82, 2.24) is 5.32 Å². The maximum absolute atomic E-state index is 12.6. The number of hydrogen-bond acceptors (Lipinski definition) is 8. The maximum atomic E-state index is 12.6. The highest BCUT2D eigenvalue weighted by molar-refractivity contribution is 7.92. The standard InChI is InChI=1S/C24H26Cl2N2O7S/c25-16-2-5-20(6-3-16)36(33,34)28-22-11-19(4-8-24(22)32)35-14-18(30)12-27-17(13-29)9-15-1-7-23(31)21(26)10-15/h1-8,10-11,17-18,27-32H,9,12-14H2/t17-,18-/m0/s1. The molecule has 0 heterocycles. The molecule has 194 valence electrons. The number of anilines is 1. The van der Waals surface area contributed by atoms with Gasteiger partial charge < -0.3 is 30.5 Å². The van der Waals surface area contributed by atoms with Crippen LogP contribution in [0.15, 0.2) is 65.6 Å². The van der Waals surface area contributed by atoms with Gasteiger partial charge in [-0.3, -0.25) is 4.72 Å². The smallest absolute Gasteiger partial charge is 0.262 e. The first kappa shape index (κ1) is 27.9. The van der Waals surface area contributed by atoms with E-state index in [4.69, 9.17) is 27.9 Å². The van der Waals surface area contributed by atoms with Crippen molar-refractivity contribution in [1.29, 1.82) is 0 Å². The Morgan fingerprint density at radius 1 is 0.944 bits per heavy atom. The number of aliphatic hydroxyl groups excluding tert-OH is 2.